The number of benzene rings is 1. The van der Waals surface area contributed by atoms with Gasteiger partial charge in [-0.05, 0) is 32.0 Å². The lowest BCUT2D eigenvalue weighted by atomic mass is 10.3. The summed E-state index contributed by atoms with van der Waals surface area (Å²) >= 11 is 11.8. The average molecular weight is 293 g/mol. The number of hydrogen-bond donors (Lipinski definition) is 0. The van der Waals surface area contributed by atoms with Gasteiger partial charge >= 0.3 is 0 Å². The quantitative estimate of drug-likeness (QED) is 0.673. The molecule has 0 N–H and O–H groups in total. The number of hydrogen-bond acceptors (Lipinski definition) is 3. The second-order valence-electron chi connectivity index (χ2n) is 3.55. The first-order valence-electron chi connectivity index (χ1n) is 5.98. The van der Waals surface area contributed by atoms with Crippen molar-refractivity contribution in [3.05, 3.63) is 28.2 Å². The van der Waals surface area contributed by atoms with Crippen molar-refractivity contribution in [3.8, 4) is 5.75 Å². The molecule has 18 heavy (non-hydrogen) atoms. The Morgan fingerprint density at radius 1 is 1.11 bits per heavy atom. The van der Waals surface area contributed by atoms with Gasteiger partial charge in [-0.25, -0.2) is 0 Å². The minimum atomic E-state index is -0.230. The van der Waals surface area contributed by atoms with Crippen LogP contribution in [-0.4, -0.2) is 26.1 Å². The maximum Gasteiger partial charge on any atom is 0.160 e. The van der Waals surface area contributed by atoms with E-state index < -0.39 is 0 Å². The van der Waals surface area contributed by atoms with Crippen molar-refractivity contribution in [3.63, 3.8) is 0 Å². The third-order valence-corrected chi connectivity index (χ3v) is 2.74. The van der Waals surface area contributed by atoms with Gasteiger partial charge in [0.2, 0.25) is 0 Å². The standard InChI is InChI=1S/C13H18Cl2O3/c1-3-16-13(17-4-2)7-8-18-12-6-5-10(14)9-11(12)15/h5-6,9,13H,3-4,7-8H2,1-2H3. The molecule has 0 aromatic heterocycles. The normalized spacial score (nSPS) is 10.9. The first-order chi connectivity index (χ1) is 8.67. The smallest absolute Gasteiger partial charge is 0.160 e. The van der Waals surface area contributed by atoms with Gasteiger partial charge in [-0.3, -0.25) is 0 Å². The maximum atomic E-state index is 6.00. The molecule has 0 atom stereocenters. The minimum absolute atomic E-state index is 0.230. The van der Waals surface area contributed by atoms with E-state index in [1.54, 1.807) is 18.2 Å². The molecule has 0 heterocycles. The van der Waals surface area contributed by atoms with E-state index in [1.165, 1.54) is 0 Å². The van der Waals surface area contributed by atoms with E-state index in [4.69, 9.17) is 37.4 Å². The first-order valence-corrected chi connectivity index (χ1v) is 6.74. The zero-order chi connectivity index (χ0) is 13.4. The molecule has 1 aromatic rings. The van der Waals surface area contributed by atoms with Crippen molar-refractivity contribution >= 4 is 23.2 Å². The Kier molecular flexibility index (Phi) is 7.44. The third-order valence-electron chi connectivity index (χ3n) is 2.21. The molecule has 0 aliphatic rings. The monoisotopic (exact) mass is 292 g/mol. The fourth-order valence-corrected chi connectivity index (χ4v) is 1.91. The summed E-state index contributed by atoms with van der Waals surface area (Å²) in [5.74, 6) is 0.618. The van der Waals surface area contributed by atoms with Crippen molar-refractivity contribution < 1.29 is 14.2 Å². The Morgan fingerprint density at radius 2 is 1.78 bits per heavy atom. The van der Waals surface area contributed by atoms with E-state index in [9.17, 15) is 0 Å². The second-order valence-corrected chi connectivity index (χ2v) is 4.40. The molecule has 1 aromatic carbocycles. The van der Waals surface area contributed by atoms with E-state index in [2.05, 4.69) is 0 Å². The van der Waals surface area contributed by atoms with Gasteiger partial charge < -0.3 is 14.2 Å². The fourth-order valence-electron chi connectivity index (χ4n) is 1.44. The minimum Gasteiger partial charge on any atom is -0.492 e. The lowest BCUT2D eigenvalue weighted by Gasteiger charge is -2.17. The van der Waals surface area contributed by atoms with E-state index in [1.807, 2.05) is 13.8 Å². The topological polar surface area (TPSA) is 27.7 Å². The van der Waals surface area contributed by atoms with Gasteiger partial charge in [0.25, 0.3) is 0 Å². The highest BCUT2D eigenvalue weighted by Gasteiger charge is 2.09. The van der Waals surface area contributed by atoms with Crippen LogP contribution in [0.15, 0.2) is 18.2 Å². The Balaban J connectivity index is 2.39. The lowest BCUT2D eigenvalue weighted by molar-refractivity contribution is -0.142. The van der Waals surface area contributed by atoms with Gasteiger partial charge in [-0.2, -0.15) is 0 Å². The Labute approximate surface area is 118 Å². The zero-order valence-electron chi connectivity index (χ0n) is 10.6. The first kappa shape index (κ1) is 15.6. The van der Waals surface area contributed by atoms with Gasteiger partial charge in [0, 0.05) is 24.7 Å². The molecule has 0 aliphatic carbocycles. The largest absolute Gasteiger partial charge is 0.492 e. The van der Waals surface area contributed by atoms with E-state index in [0.717, 1.165) is 0 Å². The van der Waals surface area contributed by atoms with Crippen LogP contribution in [0.3, 0.4) is 0 Å². The van der Waals surface area contributed by atoms with Crippen LogP contribution in [0.4, 0.5) is 0 Å². The van der Waals surface area contributed by atoms with Crippen LogP contribution in [0.1, 0.15) is 20.3 Å². The molecular weight excluding hydrogens is 275 g/mol. The van der Waals surface area contributed by atoms with E-state index >= 15 is 0 Å². The van der Waals surface area contributed by atoms with E-state index in [-0.39, 0.29) is 6.29 Å². The van der Waals surface area contributed by atoms with Gasteiger partial charge in [0.1, 0.15) is 5.75 Å². The van der Waals surface area contributed by atoms with Crippen molar-refractivity contribution in [1.29, 1.82) is 0 Å². The molecule has 0 bridgehead atoms. The molecular formula is C13H18Cl2O3. The van der Waals surface area contributed by atoms with Crippen LogP contribution in [0.25, 0.3) is 0 Å². The molecule has 102 valence electrons. The molecule has 0 aliphatic heterocycles. The van der Waals surface area contributed by atoms with Crippen LogP contribution in [0.5, 0.6) is 5.75 Å². The van der Waals surface area contributed by atoms with Crippen molar-refractivity contribution in [2.45, 2.75) is 26.6 Å². The summed E-state index contributed by atoms with van der Waals surface area (Å²) in [7, 11) is 0. The molecule has 5 heteroatoms. The Hall–Kier alpha value is -0.480. The predicted molar refractivity (Wildman–Crippen MR) is 73.6 cm³/mol. The van der Waals surface area contributed by atoms with Gasteiger partial charge in [0.05, 0.1) is 11.6 Å². The summed E-state index contributed by atoms with van der Waals surface area (Å²) < 4.78 is 16.4. The molecule has 0 spiro atoms. The summed E-state index contributed by atoms with van der Waals surface area (Å²) in [4.78, 5) is 0. The third kappa shape index (κ3) is 5.44. The summed E-state index contributed by atoms with van der Waals surface area (Å²) in [5.41, 5.74) is 0. The molecule has 0 fully saturated rings. The number of rotatable bonds is 8. The number of ether oxygens (including phenoxy) is 3. The molecule has 0 unspecified atom stereocenters. The van der Waals surface area contributed by atoms with Crippen LogP contribution >= 0.6 is 23.2 Å². The summed E-state index contributed by atoms with van der Waals surface area (Å²) in [6.07, 6.45) is 0.423. The molecule has 0 amide bonds. The summed E-state index contributed by atoms with van der Waals surface area (Å²) in [6, 6.07) is 5.15. The van der Waals surface area contributed by atoms with Crippen LogP contribution in [0, 0.1) is 0 Å². The highest BCUT2D eigenvalue weighted by Crippen LogP contribution is 2.27. The SMILES string of the molecule is CCOC(CCOc1ccc(Cl)cc1Cl)OCC. The zero-order valence-corrected chi connectivity index (χ0v) is 12.1. The highest BCUT2D eigenvalue weighted by atomic mass is 35.5. The molecule has 1 rings (SSSR count). The Morgan fingerprint density at radius 3 is 2.33 bits per heavy atom. The maximum absolute atomic E-state index is 6.00. The molecule has 0 saturated carbocycles. The number of halogens is 2. The van der Waals surface area contributed by atoms with Crippen LogP contribution < -0.4 is 4.74 Å². The molecule has 0 saturated heterocycles. The van der Waals surface area contributed by atoms with Crippen molar-refractivity contribution in [2.75, 3.05) is 19.8 Å². The van der Waals surface area contributed by atoms with Crippen LogP contribution in [-0.2, 0) is 9.47 Å². The predicted octanol–water partition coefficient (Wildman–Crippen LogP) is 4.16. The van der Waals surface area contributed by atoms with Gasteiger partial charge in [-0.15, -0.1) is 0 Å². The van der Waals surface area contributed by atoms with Crippen molar-refractivity contribution in [2.24, 2.45) is 0 Å². The Bertz CT molecular complexity index is 352. The van der Waals surface area contributed by atoms with Crippen LogP contribution in [0.2, 0.25) is 10.0 Å². The second kappa shape index (κ2) is 8.59. The fraction of sp³-hybridized carbons (Fsp3) is 0.538. The summed E-state index contributed by atoms with van der Waals surface area (Å²) in [6.45, 7) is 5.58. The highest BCUT2D eigenvalue weighted by molar-refractivity contribution is 6.35. The van der Waals surface area contributed by atoms with Crippen molar-refractivity contribution in [1.82, 2.24) is 0 Å². The molecule has 0 radical (unpaired) electrons. The van der Waals surface area contributed by atoms with Gasteiger partial charge in [0.15, 0.2) is 6.29 Å². The summed E-state index contributed by atoms with van der Waals surface area (Å²) in [5, 5.41) is 1.10. The molecule has 3 nitrogen and oxygen atoms in total. The van der Waals surface area contributed by atoms with E-state index in [0.29, 0.717) is 42.0 Å². The lowest BCUT2D eigenvalue weighted by Crippen LogP contribution is -2.20. The average Bonchev–Trinajstić information content (AvgIpc) is 2.32. The van der Waals surface area contributed by atoms with Gasteiger partial charge in [-0.1, -0.05) is 23.2 Å².